The van der Waals surface area contributed by atoms with Crippen LogP contribution in [-0.4, -0.2) is 0 Å². The fourth-order valence-electron chi connectivity index (χ4n) is 11.4. The third kappa shape index (κ3) is 6.31. The van der Waals surface area contributed by atoms with Crippen LogP contribution in [0, 0.1) is 0 Å². The van der Waals surface area contributed by atoms with Crippen molar-refractivity contribution in [2.75, 3.05) is 4.90 Å². The predicted octanol–water partition coefficient (Wildman–Crippen LogP) is 18.7. The van der Waals surface area contributed by atoms with Crippen molar-refractivity contribution in [2.24, 2.45) is 0 Å². The van der Waals surface area contributed by atoms with E-state index >= 15 is 0 Å². The molecule has 12 aromatic rings. The van der Waals surface area contributed by atoms with E-state index in [9.17, 15) is 0 Å². The average Bonchev–Trinajstić information content (AvgIpc) is 3.64. The lowest BCUT2D eigenvalue weighted by atomic mass is 9.81. The zero-order valence-electron chi connectivity index (χ0n) is 38.1. The molecule has 1 heteroatoms. The number of nitrogens with zero attached hydrogens (tertiary/aromatic N) is 1. The van der Waals surface area contributed by atoms with Crippen molar-refractivity contribution in [3.8, 4) is 55.6 Å². The molecule has 0 bridgehead atoms. The highest BCUT2D eigenvalue weighted by Crippen LogP contribution is 2.52. The summed E-state index contributed by atoms with van der Waals surface area (Å²) in [4.78, 5) is 2.46. The fraction of sp³-hybridized carbons (Fsp3) is 0.0448. The van der Waals surface area contributed by atoms with Gasteiger partial charge in [0.25, 0.3) is 0 Å². The van der Waals surface area contributed by atoms with Gasteiger partial charge >= 0.3 is 0 Å². The van der Waals surface area contributed by atoms with Gasteiger partial charge in [-0.3, -0.25) is 0 Å². The lowest BCUT2D eigenvalue weighted by molar-refractivity contribution is 0.660. The number of benzene rings is 12. The zero-order valence-corrected chi connectivity index (χ0v) is 38.1. The van der Waals surface area contributed by atoms with Crippen LogP contribution in [0.5, 0.6) is 0 Å². The van der Waals surface area contributed by atoms with Crippen LogP contribution < -0.4 is 4.90 Å². The first-order valence-corrected chi connectivity index (χ1v) is 23.8. The summed E-state index contributed by atoms with van der Waals surface area (Å²) < 4.78 is 0. The quantitative estimate of drug-likeness (QED) is 0.144. The molecule has 0 N–H and O–H groups in total. The molecule has 0 amide bonds. The third-order valence-electron chi connectivity index (χ3n) is 14.6. The van der Waals surface area contributed by atoms with Gasteiger partial charge in [0.05, 0.1) is 5.69 Å². The molecule has 0 spiro atoms. The lowest BCUT2D eigenvalue weighted by Gasteiger charge is -2.28. The van der Waals surface area contributed by atoms with Crippen LogP contribution in [0.25, 0.3) is 98.7 Å². The molecule has 68 heavy (non-hydrogen) atoms. The molecule has 12 aromatic carbocycles. The van der Waals surface area contributed by atoms with Crippen LogP contribution >= 0.6 is 0 Å². The number of anilines is 3. The van der Waals surface area contributed by atoms with E-state index in [0.29, 0.717) is 0 Å². The highest BCUT2D eigenvalue weighted by molar-refractivity contribution is 6.33. The molecule has 1 aliphatic carbocycles. The van der Waals surface area contributed by atoms with E-state index < -0.39 is 0 Å². The Morgan fingerprint density at radius 3 is 1.60 bits per heavy atom. The van der Waals surface area contributed by atoms with Crippen LogP contribution in [0.2, 0.25) is 0 Å². The van der Waals surface area contributed by atoms with Gasteiger partial charge in [-0.15, -0.1) is 0 Å². The molecule has 13 rings (SSSR count). The van der Waals surface area contributed by atoms with Crippen molar-refractivity contribution in [1.29, 1.82) is 0 Å². The Balaban J connectivity index is 1.06. The second kappa shape index (κ2) is 15.8. The van der Waals surface area contributed by atoms with Crippen LogP contribution in [0.4, 0.5) is 17.1 Å². The maximum atomic E-state index is 2.46. The van der Waals surface area contributed by atoms with Gasteiger partial charge < -0.3 is 4.90 Å². The summed E-state index contributed by atoms with van der Waals surface area (Å²) in [6, 6.07) is 92.1. The Hall–Kier alpha value is -8.52. The molecular formula is C67H47N. The summed E-state index contributed by atoms with van der Waals surface area (Å²) in [6.45, 7) is 4.71. The minimum absolute atomic E-state index is 0.0628. The molecule has 0 unspecified atom stereocenters. The Labute approximate surface area is 397 Å². The lowest BCUT2D eigenvalue weighted by Crippen LogP contribution is -2.14. The summed E-state index contributed by atoms with van der Waals surface area (Å²) in [5.41, 5.74) is 18.5. The number of hydrogen-bond acceptors (Lipinski definition) is 1. The van der Waals surface area contributed by atoms with Gasteiger partial charge in [0.2, 0.25) is 0 Å². The molecular weight excluding hydrogens is 819 g/mol. The SMILES string of the molecule is CC1(C)c2ccccc2-c2ccc(-c3ccc(N(c4ccc5c(c4)c4ccccc4c4c(-c6ccccc6)cc(-c6ccccc6)c(-c6ccccc6)c54)c4cccc5ccccc45)cc3)cc21. The molecule has 0 saturated heterocycles. The normalized spacial score (nSPS) is 12.7. The van der Waals surface area contributed by atoms with Gasteiger partial charge in [0.15, 0.2) is 0 Å². The van der Waals surface area contributed by atoms with Crippen molar-refractivity contribution < 1.29 is 0 Å². The van der Waals surface area contributed by atoms with Gasteiger partial charge in [0.1, 0.15) is 0 Å². The first kappa shape index (κ1) is 39.8. The topological polar surface area (TPSA) is 3.24 Å². The Morgan fingerprint density at radius 1 is 0.294 bits per heavy atom. The number of rotatable bonds is 7. The van der Waals surface area contributed by atoms with Crippen molar-refractivity contribution in [3.63, 3.8) is 0 Å². The monoisotopic (exact) mass is 865 g/mol. The van der Waals surface area contributed by atoms with E-state index in [2.05, 4.69) is 267 Å². The molecule has 1 aliphatic rings. The van der Waals surface area contributed by atoms with Gasteiger partial charge in [0, 0.05) is 22.2 Å². The van der Waals surface area contributed by atoms with Crippen LogP contribution in [0.15, 0.2) is 249 Å². The third-order valence-corrected chi connectivity index (χ3v) is 14.6. The van der Waals surface area contributed by atoms with E-state index in [1.807, 2.05) is 0 Å². The molecule has 320 valence electrons. The van der Waals surface area contributed by atoms with Crippen LogP contribution in [0.3, 0.4) is 0 Å². The smallest absolute Gasteiger partial charge is 0.0540 e. The summed E-state index contributed by atoms with van der Waals surface area (Å²) in [6.07, 6.45) is 0. The first-order valence-electron chi connectivity index (χ1n) is 23.8. The highest BCUT2D eigenvalue weighted by Gasteiger charge is 2.35. The van der Waals surface area contributed by atoms with Crippen LogP contribution in [0.1, 0.15) is 25.0 Å². The Kier molecular flexibility index (Phi) is 9.27. The molecule has 1 nitrogen and oxygen atoms in total. The van der Waals surface area contributed by atoms with E-state index in [-0.39, 0.29) is 5.41 Å². The summed E-state index contributed by atoms with van der Waals surface area (Å²) in [7, 11) is 0. The summed E-state index contributed by atoms with van der Waals surface area (Å²) >= 11 is 0. The van der Waals surface area contributed by atoms with E-state index in [1.54, 1.807) is 0 Å². The molecule has 0 aliphatic heterocycles. The molecule has 0 heterocycles. The summed E-state index contributed by atoms with van der Waals surface area (Å²) in [5, 5.41) is 9.86. The Bertz CT molecular complexity index is 3900. The minimum atomic E-state index is -0.0628. The Morgan fingerprint density at radius 2 is 0.853 bits per heavy atom. The average molecular weight is 866 g/mol. The van der Waals surface area contributed by atoms with Gasteiger partial charge in [-0.1, -0.05) is 220 Å². The molecule has 0 saturated carbocycles. The minimum Gasteiger partial charge on any atom is -0.310 e. The molecule has 0 aromatic heterocycles. The van der Waals surface area contributed by atoms with Crippen molar-refractivity contribution in [1.82, 2.24) is 0 Å². The highest BCUT2D eigenvalue weighted by atomic mass is 15.1. The van der Waals surface area contributed by atoms with E-state index in [0.717, 1.165) is 17.1 Å². The summed E-state index contributed by atoms with van der Waals surface area (Å²) in [5.74, 6) is 0. The van der Waals surface area contributed by atoms with Crippen molar-refractivity contribution in [2.45, 2.75) is 19.3 Å². The zero-order chi connectivity index (χ0) is 45.3. The molecule has 0 radical (unpaired) electrons. The second-order valence-electron chi connectivity index (χ2n) is 18.8. The van der Waals surface area contributed by atoms with Crippen molar-refractivity contribution in [3.05, 3.63) is 260 Å². The predicted molar refractivity (Wildman–Crippen MR) is 290 cm³/mol. The fourth-order valence-corrected chi connectivity index (χ4v) is 11.4. The standard InChI is InChI=1S/C67H47N/c1-67(2)61-31-17-16-29-54(61)55-39-35-49(41-62(55)67)44-33-36-50(37-34-44)68(63-32-18-26-45-23-12-13-27-52(45)63)51-38-40-57-60(42-51)53-28-14-15-30-56(53)65-59(47-21-8-4-9-22-47)43-58(46-19-6-3-7-20-46)64(66(57)65)48-24-10-5-11-25-48/h3-43H,1-2H3. The first-order chi connectivity index (χ1) is 33.5. The maximum Gasteiger partial charge on any atom is 0.0540 e. The van der Waals surface area contributed by atoms with Gasteiger partial charge in [-0.25, -0.2) is 0 Å². The van der Waals surface area contributed by atoms with E-state index in [4.69, 9.17) is 0 Å². The number of fused-ring (bicyclic) bond motifs is 10. The van der Waals surface area contributed by atoms with Gasteiger partial charge in [-0.05, 0) is 147 Å². The van der Waals surface area contributed by atoms with Gasteiger partial charge in [-0.2, -0.15) is 0 Å². The number of hydrogen-bond donors (Lipinski definition) is 0. The second-order valence-corrected chi connectivity index (χ2v) is 18.8. The molecule has 0 fully saturated rings. The van der Waals surface area contributed by atoms with Crippen molar-refractivity contribution >= 4 is 60.2 Å². The van der Waals surface area contributed by atoms with Crippen LogP contribution in [-0.2, 0) is 5.41 Å². The molecule has 0 atom stereocenters. The maximum absolute atomic E-state index is 2.46. The van der Waals surface area contributed by atoms with E-state index in [1.165, 1.54) is 110 Å². The largest absolute Gasteiger partial charge is 0.310 e.